The maximum atomic E-state index is 12.6. The van der Waals surface area contributed by atoms with Crippen molar-refractivity contribution in [3.8, 4) is 17.2 Å². The average Bonchev–Trinajstić information content (AvgIpc) is 3.42. The van der Waals surface area contributed by atoms with Gasteiger partial charge in [-0.15, -0.1) is 0 Å². The summed E-state index contributed by atoms with van der Waals surface area (Å²) < 4.78 is 16.6. The van der Waals surface area contributed by atoms with Crippen molar-refractivity contribution in [2.24, 2.45) is 0 Å². The van der Waals surface area contributed by atoms with Crippen LogP contribution >= 0.6 is 0 Å². The zero-order valence-electron chi connectivity index (χ0n) is 16.2. The molecule has 3 aromatic carbocycles. The topological polar surface area (TPSA) is 72.6 Å². The zero-order valence-corrected chi connectivity index (χ0v) is 16.2. The Morgan fingerprint density at radius 2 is 1.80 bits per heavy atom. The molecule has 1 aliphatic rings. The molecule has 0 unspecified atom stereocenters. The fourth-order valence-corrected chi connectivity index (χ4v) is 3.39. The molecule has 1 amide bonds. The van der Waals surface area contributed by atoms with Gasteiger partial charge < -0.3 is 24.5 Å². The Balaban J connectivity index is 1.24. The molecule has 5 rings (SSSR count). The summed E-state index contributed by atoms with van der Waals surface area (Å²) in [7, 11) is 0. The Kier molecular flexibility index (Phi) is 4.73. The van der Waals surface area contributed by atoms with Crippen LogP contribution in [-0.2, 0) is 13.2 Å². The first-order chi connectivity index (χ1) is 14.7. The van der Waals surface area contributed by atoms with Crippen molar-refractivity contribution in [1.82, 2.24) is 10.3 Å². The molecule has 0 saturated carbocycles. The van der Waals surface area contributed by atoms with Crippen LogP contribution < -0.4 is 19.5 Å². The van der Waals surface area contributed by atoms with Crippen molar-refractivity contribution in [1.29, 1.82) is 0 Å². The lowest BCUT2D eigenvalue weighted by Gasteiger charge is -2.06. The highest BCUT2D eigenvalue weighted by molar-refractivity contribution is 5.98. The first-order valence-electron chi connectivity index (χ1n) is 9.71. The zero-order chi connectivity index (χ0) is 20.3. The van der Waals surface area contributed by atoms with E-state index in [-0.39, 0.29) is 12.7 Å². The van der Waals surface area contributed by atoms with Crippen molar-refractivity contribution < 1.29 is 19.0 Å². The number of amides is 1. The van der Waals surface area contributed by atoms with E-state index >= 15 is 0 Å². The molecule has 2 heterocycles. The van der Waals surface area contributed by atoms with E-state index in [1.807, 2.05) is 72.8 Å². The Hall–Kier alpha value is -3.93. The molecule has 1 aliphatic heterocycles. The van der Waals surface area contributed by atoms with E-state index in [2.05, 4.69) is 10.3 Å². The summed E-state index contributed by atoms with van der Waals surface area (Å²) in [6, 6.07) is 23.2. The number of fused-ring (bicyclic) bond motifs is 2. The molecule has 6 nitrogen and oxygen atoms in total. The van der Waals surface area contributed by atoms with Gasteiger partial charge >= 0.3 is 0 Å². The summed E-state index contributed by atoms with van der Waals surface area (Å²) in [6.07, 6.45) is 0. The van der Waals surface area contributed by atoms with Crippen molar-refractivity contribution >= 4 is 16.8 Å². The maximum Gasteiger partial charge on any atom is 0.267 e. The third-order valence-corrected chi connectivity index (χ3v) is 4.98. The molecule has 0 atom stereocenters. The number of carbonyl (C=O) groups is 1. The van der Waals surface area contributed by atoms with Gasteiger partial charge in [0.2, 0.25) is 6.79 Å². The summed E-state index contributed by atoms with van der Waals surface area (Å²) >= 11 is 0. The predicted octanol–water partition coefficient (Wildman–Crippen LogP) is 4.41. The lowest BCUT2D eigenvalue weighted by molar-refractivity contribution is 0.0946. The molecule has 4 aromatic rings. The second kappa shape index (κ2) is 7.83. The minimum absolute atomic E-state index is 0.171. The molecular formula is C24H20N2O4. The second-order valence-corrected chi connectivity index (χ2v) is 7.08. The highest BCUT2D eigenvalue weighted by Gasteiger charge is 2.14. The van der Waals surface area contributed by atoms with E-state index in [1.54, 1.807) is 0 Å². The molecule has 2 N–H and O–H groups in total. The third-order valence-electron chi connectivity index (χ3n) is 4.98. The van der Waals surface area contributed by atoms with Gasteiger partial charge in [-0.3, -0.25) is 4.79 Å². The summed E-state index contributed by atoms with van der Waals surface area (Å²) in [5.41, 5.74) is 3.41. The van der Waals surface area contributed by atoms with Crippen molar-refractivity contribution in [3.05, 3.63) is 89.6 Å². The number of benzene rings is 3. The van der Waals surface area contributed by atoms with Crippen LogP contribution in [0.4, 0.5) is 0 Å². The molecule has 6 heteroatoms. The van der Waals surface area contributed by atoms with Crippen molar-refractivity contribution in [2.75, 3.05) is 6.79 Å². The highest BCUT2D eigenvalue weighted by atomic mass is 16.7. The lowest BCUT2D eigenvalue weighted by Crippen LogP contribution is -2.23. The summed E-state index contributed by atoms with van der Waals surface area (Å²) in [5, 5.41) is 3.88. The highest BCUT2D eigenvalue weighted by Crippen LogP contribution is 2.32. The van der Waals surface area contributed by atoms with Crippen LogP contribution in [0.5, 0.6) is 17.2 Å². The molecule has 0 aliphatic carbocycles. The van der Waals surface area contributed by atoms with Crippen LogP contribution in [0.3, 0.4) is 0 Å². The van der Waals surface area contributed by atoms with Gasteiger partial charge in [0.25, 0.3) is 5.91 Å². The average molecular weight is 400 g/mol. The van der Waals surface area contributed by atoms with E-state index in [1.165, 1.54) is 0 Å². The van der Waals surface area contributed by atoms with Gasteiger partial charge in [0.15, 0.2) is 11.5 Å². The Bertz CT molecular complexity index is 1200. The van der Waals surface area contributed by atoms with E-state index in [9.17, 15) is 4.79 Å². The second-order valence-electron chi connectivity index (χ2n) is 7.08. The minimum Gasteiger partial charge on any atom is -0.489 e. The molecule has 150 valence electrons. The van der Waals surface area contributed by atoms with E-state index in [0.29, 0.717) is 24.6 Å². The number of hydrogen-bond acceptors (Lipinski definition) is 4. The maximum absolute atomic E-state index is 12.6. The number of rotatable bonds is 6. The van der Waals surface area contributed by atoms with Gasteiger partial charge in [-0.1, -0.05) is 36.4 Å². The van der Waals surface area contributed by atoms with Gasteiger partial charge in [-0.25, -0.2) is 0 Å². The van der Waals surface area contributed by atoms with Gasteiger partial charge in [-0.2, -0.15) is 0 Å². The number of aromatic amines is 1. The first-order valence-corrected chi connectivity index (χ1v) is 9.71. The minimum atomic E-state index is -0.171. The number of aromatic nitrogens is 1. The van der Waals surface area contributed by atoms with Crippen LogP contribution in [0, 0.1) is 0 Å². The first kappa shape index (κ1) is 18.1. The largest absolute Gasteiger partial charge is 0.489 e. The Labute approximate surface area is 173 Å². The van der Waals surface area contributed by atoms with Crippen LogP contribution in [0.25, 0.3) is 10.9 Å². The summed E-state index contributed by atoms with van der Waals surface area (Å²) in [5.74, 6) is 2.01. The Morgan fingerprint density at radius 1 is 0.933 bits per heavy atom. The smallest absolute Gasteiger partial charge is 0.267 e. The number of H-pyrrole nitrogens is 1. The number of nitrogens with one attached hydrogen (secondary N) is 2. The molecule has 0 saturated heterocycles. The molecule has 30 heavy (non-hydrogen) atoms. The Morgan fingerprint density at radius 3 is 2.70 bits per heavy atom. The fraction of sp³-hybridized carbons (Fsp3) is 0.125. The number of carbonyl (C=O) groups excluding carboxylic acids is 1. The molecule has 0 spiro atoms. The lowest BCUT2D eigenvalue weighted by atomic mass is 10.2. The van der Waals surface area contributed by atoms with Crippen molar-refractivity contribution in [3.63, 3.8) is 0 Å². The molecular weight excluding hydrogens is 380 g/mol. The predicted molar refractivity (Wildman–Crippen MR) is 113 cm³/mol. The summed E-state index contributed by atoms with van der Waals surface area (Å²) in [6.45, 7) is 1.13. The van der Waals surface area contributed by atoms with E-state index in [4.69, 9.17) is 14.2 Å². The SMILES string of the molecule is O=C(NCc1ccc2c(c1)OCO2)c1cc2ccc(OCc3ccccc3)cc2[nH]1. The summed E-state index contributed by atoms with van der Waals surface area (Å²) in [4.78, 5) is 15.8. The van der Waals surface area contributed by atoms with Gasteiger partial charge in [-0.05, 0) is 41.5 Å². The fourth-order valence-electron chi connectivity index (χ4n) is 3.39. The third kappa shape index (κ3) is 3.80. The number of hydrogen-bond donors (Lipinski definition) is 2. The molecule has 0 fully saturated rings. The standard InChI is InChI=1S/C24H20N2O4/c27-24(25-13-17-6-9-22-23(10-17)30-15-29-22)21-11-18-7-8-19(12-20(18)26-21)28-14-16-4-2-1-3-5-16/h1-12,26H,13-15H2,(H,25,27). The van der Waals surface area contributed by atoms with Crippen LogP contribution in [0.1, 0.15) is 21.6 Å². The van der Waals surface area contributed by atoms with E-state index in [0.717, 1.165) is 33.5 Å². The van der Waals surface area contributed by atoms with Crippen LogP contribution in [0.15, 0.2) is 72.8 Å². The quantitative estimate of drug-likeness (QED) is 0.503. The molecule has 0 radical (unpaired) electrons. The molecule has 1 aromatic heterocycles. The van der Waals surface area contributed by atoms with Gasteiger partial charge in [0.1, 0.15) is 18.1 Å². The van der Waals surface area contributed by atoms with Crippen LogP contribution in [0.2, 0.25) is 0 Å². The normalized spacial score (nSPS) is 12.1. The van der Waals surface area contributed by atoms with E-state index < -0.39 is 0 Å². The van der Waals surface area contributed by atoms with Gasteiger partial charge in [0, 0.05) is 23.5 Å². The number of ether oxygens (including phenoxy) is 3. The monoisotopic (exact) mass is 400 g/mol. The van der Waals surface area contributed by atoms with Gasteiger partial charge in [0.05, 0.1) is 0 Å². The van der Waals surface area contributed by atoms with Crippen molar-refractivity contribution in [2.45, 2.75) is 13.2 Å². The van der Waals surface area contributed by atoms with Crippen LogP contribution in [-0.4, -0.2) is 17.7 Å². The molecule has 0 bridgehead atoms.